The number of oxime groups is 1. The molecule has 0 aromatic carbocycles. The molecule has 1 saturated heterocycles. The van der Waals surface area contributed by atoms with Gasteiger partial charge in [0.15, 0.2) is 5.84 Å². The van der Waals surface area contributed by atoms with Crippen molar-refractivity contribution in [3.05, 3.63) is 18.0 Å². The lowest BCUT2D eigenvalue weighted by Gasteiger charge is -2.24. The fraction of sp³-hybridized carbons (Fsp3) is 0.583. The number of amidine groups is 1. The van der Waals surface area contributed by atoms with Gasteiger partial charge in [-0.3, -0.25) is 0 Å². The smallest absolute Gasteiger partial charge is 0.226 e. The van der Waals surface area contributed by atoms with Crippen molar-refractivity contribution in [1.29, 1.82) is 0 Å². The first-order chi connectivity index (χ1) is 9.26. The lowest BCUT2D eigenvalue weighted by atomic mass is 10.1. The quantitative estimate of drug-likeness (QED) is 0.306. The lowest BCUT2D eigenvalue weighted by molar-refractivity contribution is 0.279. The number of nitrogens with zero attached hydrogens (tertiary/aromatic N) is 4. The molecule has 1 unspecified atom stereocenters. The summed E-state index contributed by atoms with van der Waals surface area (Å²) in [5.74, 6) is 0.583. The minimum Gasteiger partial charge on any atom is -0.409 e. The zero-order valence-electron chi connectivity index (χ0n) is 10.7. The Morgan fingerprint density at radius 1 is 1.58 bits per heavy atom. The van der Waals surface area contributed by atoms with E-state index in [1.165, 1.54) is 0 Å². The van der Waals surface area contributed by atoms with E-state index in [4.69, 9.17) is 16.0 Å². The van der Waals surface area contributed by atoms with Crippen LogP contribution < -0.4 is 10.6 Å². The largest absolute Gasteiger partial charge is 0.409 e. The highest BCUT2D eigenvalue weighted by Crippen LogP contribution is 2.25. The fourth-order valence-electron chi connectivity index (χ4n) is 2.41. The van der Waals surface area contributed by atoms with Gasteiger partial charge < -0.3 is 20.9 Å². The fourth-order valence-corrected chi connectivity index (χ4v) is 2.41. The predicted octanol–water partition coefficient (Wildman–Crippen LogP) is 0.312. The summed E-state index contributed by atoms with van der Waals surface area (Å²) in [6.07, 6.45) is 5.48. The molecule has 19 heavy (non-hydrogen) atoms. The highest BCUT2D eigenvalue weighted by Gasteiger charge is 2.26. The van der Waals surface area contributed by atoms with Crippen molar-refractivity contribution in [3.63, 3.8) is 0 Å². The topological polar surface area (TPSA) is 108 Å². The van der Waals surface area contributed by atoms with E-state index in [-0.39, 0.29) is 12.4 Å². The summed E-state index contributed by atoms with van der Waals surface area (Å²) >= 11 is 0. The minimum absolute atomic E-state index is 0.0187. The maximum Gasteiger partial charge on any atom is 0.226 e. The molecule has 0 saturated carbocycles. The number of aliphatic hydroxyl groups is 1. The van der Waals surface area contributed by atoms with Crippen LogP contribution in [0, 0.1) is 0 Å². The molecule has 1 fully saturated rings. The number of hydrogen-bond donors (Lipinski definition) is 3. The summed E-state index contributed by atoms with van der Waals surface area (Å²) in [6, 6.07) is 1.96. The van der Waals surface area contributed by atoms with E-state index in [2.05, 4.69) is 20.0 Å². The Hall–Kier alpha value is -1.89. The molecule has 7 nitrogen and oxygen atoms in total. The molecular weight excluding hydrogens is 246 g/mol. The number of hydrogen-bond acceptors (Lipinski definition) is 6. The second kappa shape index (κ2) is 6.33. The van der Waals surface area contributed by atoms with E-state index in [9.17, 15) is 0 Å². The number of rotatable bonds is 5. The van der Waals surface area contributed by atoms with Crippen LogP contribution in [-0.4, -0.2) is 45.3 Å². The second-order valence-electron chi connectivity index (χ2n) is 4.58. The maximum absolute atomic E-state index is 8.92. The monoisotopic (exact) mass is 265 g/mol. The average Bonchev–Trinajstić information content (AvgIpc) is 2.92. The number of aromatic nitrogens is 2. The molecule has 4 N–H and O–H groups in total. The van der Waals surface area contributed by atoms with Crippen molar-refractivity contribution in [1.82, 2.24) is 9.97 Å². The van der Waals surface area contributed by atoms with Crippen LogP contribution in [0.4, 0.5) is 5.95 Å². The van der Waals surface area contributed by atoms with Gasteiger partial charge in [0.1, 0.15) is 5.69 Å². The van der Waals surface area contributed by atoms with Crippen LogP contribution >= 0.6 is 0 Å². The molecule has 104 valence electrons. The Morgan fingerprint density at radius 2 is 2.42 bits per heavy atom. The van der Waals surface area contributed by atoms with E-state index in [0.717, 1.165) is 32.2 Å². The molecule has 1 aliphatic rings. The normalized spacial score (nSPS) is 19.9. The van der Waals surface area contributed by atoms with Gasteiger partial charge in [-0.2, -0.15) is 0 Å². The van der Waals surface area contributed by atoms with Gasteiger partial charge >= 0.3 is 0 Å². The van der Waals surface area contributed by atoms with Crippen LogP contribution in [0.15, 0.2) is 17.4 Å². The third-order valence-electron chi connectivity index (χ3n) is 3.34. The molecule has 2 rings (SSSR count). The summed E-state index contributed by atoms with van der Waals surface area (Å²) in [4.78, 5) is 10.7. The summed E-state index contributed by atoms with van der Waals surface area (Å²) in [6.45, 7) is 1.10. The van der Waals surface area contributed by atoms with Gasteiger partial charge in [0.25, 0.3) is 0 Å². The van der Waals surface area contributed by atoms with Gasteiger partial charge in [0.2, 0.25) is 5.95 Å². The van der Waals surface area contributed by atoms with Crippen LogP contribution in [0.3, 0.4) is 0 Å². The Labute approximate surface area is 111 Å². The zero-order valence-corrected chi connectivity index (χ0v) is 10.7. The van der Waals surface area contributed by atoms with Gasteiger partial charge in [0.05, 0.1) is 0 Å². The third kappa shape index (κ3) is 3.11. The molecule has 7 heteroatoms. The van der Waals surface area contributed by atoms with E-state index in [1.807, 2.05) is 0 Å². The second-order valence-corrected chi connectivity index (χ2v) is 4.58. The first-order valence-electron chi connectivity index (χ1n) is 6.44. The van der Waals surface area contributed by atoms with Crippen molar-refractivity contribution in [2.75, 3.05) is 18.1 Å². The number of nitrogens with two attached hydrogens (primary N) is 1. The van der Waals surface area contributed by atoms with Gasteiger partial charge in [-0.25, -0.2) is 9.97 Å². The first-order valence-corrected chi connectivity index (χ1v) is 6.44. The van der Waals surface area contributed by atoms with Gasteiger partial charge in [-0.15, -0.1) is 0 Å². The molecule has 0 aliphatic carbocycles. The standard InChI is InChI=1S/C12H19N5O2/c13-11(16-19)10-5-6-14-12(15-10)17-7-1-3-9(17)4-2-8-18/h5-6,9,18-19H,1-4,7-8H2,(H2,13,16). The van der Waals surface area contributed by atoms with E-state index >= 15 is 0 Å². The van der Waals surface area contributed by atoms with Crippen molar-refractivity contribution < 1.29 is 10.3 Å². The van der Waals surface area contributed by atoms with Crippen molar-refractivity contribution in [3.8, 4) is 0 Å². The number of anilines is 1. The van der Waals surface area contributed by atoms with E-state index in [1.54, 1.807) is 12.3 Å². The average molecular weight is 265 g/mol. The molecule has 0 bridgehead atoms. The van der Waals surface area contributed by atoms with Gasteiger partial charge in [-0.1, -0.05) is 5.16 Å². The predicted molar refractivity (Wildman–Crippen MR) is 71.2 cm³/mol. The maximum atomic E-state index is 8.92. The third-order valence-corrected chi connectivity index (χ3v) is 3.34. The first kappa shape index (κ1) is 13.5. The Morgan fingerprint density at radius 3 is 3.16 bits per heavy atom. The van der Waals surface area contributed by atoms with E-state index in [0.29, 0.717) is 17.7 Å². The summed E-state index contributed by atoms with van der Waals surface area (Å²) in [5.41, 5.74) is 5.95. The van der Waals surface area contributed by atoms with Crippen LogP contribution in [-0.2, 0) is 0 Å². The molecule has 1 aliphatic heterocycles. The Bertz CT molecular complexity index is 452. The Balaban J connectivity index is 2.16. The molecular formula is C12H19N5O2. The highest BCUT2D eigenvalue weighted by molar-refractivity contribution is 5.95. The summed E-state index contributed by atoms with van der Waals surface area (Å²) in [5, 5.41) is 20.5. The molecule has 1 aromatic heterocycles. The summed E-state index contributed by atoms with van der Waals surface area (Å²) in [7, 11) is 0. The minimum atomic E-state index is -0.0187. The van der Waals surface area contributed by atoms with Crippen LogP contribution in [0.2, 0.25) is 0 Å². The van der Waals surface area contributed by atoms with Crippen molar-refractivity contribution >= 4 is 11.8 Å². The van der Waals surface area contributed by atoms with Gasteiger partial charge in [0, 0.05) is 25.4 Å². The van der Waals surface area contributed by atoms with Crippen molar-refractivity contribution in [2.45, 2.75) is 31.7 Å². The molecule has 1 atom stereocenters. The molecule has 0 spiro atoms. The lowest BCUT2D eigenvalue weighted by Crippen LogP contribution is -2.31. The SMILES string of the molecule is N/C(=N/O)c1ccnc(N2CCCC2CCCO)n1. The van der Waals surface area contributed by atoms with E-state index < -0.39 is 0 Å². The molecule has 1 aromatic rings. The van der Waals surface area contributed by atoms with Crippen LogP contribution in [0.1, 0.15) is 31.4 Å². The van der Waals surface area contributed by atoms with Crippen molar-refractivity contribution in [2.24, 2.45) is 10.9 Å². The molecule has 2 heterocycles. The Kier molecular flexibility index (Phi) is 4.51. The van der Waals surface area contributed by atoms with Gasteiger partial charge in [-0.05, 0) is 31.7 Å². The summed E-state index contributed by atoms with van der Waals surface area (Å²) < 4.78 is 0. The van der Waals surface area contributed by atoms with Crippen LogP contribution in [0.5, 0.6) is 0 Å². The highest BCUT2D eigenvalue weighted by atomic mass is 16.4. The number of aliphatic hydroxyl groups excluding tert-OH is 1. The zero-order chi connectivity index (χ0) is 13.7. The molecule has 0 amide bonds. The molecule has 0 radical (unpaired) electrons. The van der Waals surface area contributed by atoms with Crippen LogP contribution in [0.25, 0.3) is 0 Å².